The maximum Gasteiger partial charge on any atom is 0.255 e. The molecule has 4 rings (SSSR count). The van der Waals surface area contributed by atoms with Gasteiger partial charge in [-0.15, -0.1) is 0 Å². The van der Waals surface area contributed by atoms with Gasteiger partial charge < -0.3 is 14.8 Å². The second-order valence-corrected chi connectivity index (χ2v) is 6.82. The number of aromatic nitrogens is 2. The summed E-state index contributed by atoms with van der Waals surface area (Å²) in [6, 6.07) is 13.4. The van der Waals surface area contributed by atoms with Crippen molar-refractivity contribution >= 4 is 21.8 Å². The lowest BCUT2D eigenvalue weighted by molar-refractivity contribution is 0.0950. The first-order valence-electron chi connectivity index (χ1n) is 8.09. The van der Waals surface area contributed by atoms with Gasteiger partial charge in [-0.3, -0.25) is 4.79 Å². The first kappa shape index (κ1) is 16.7. The van der Waals surface area contributed by atoms with Crippen LogP contribution in [-0.4, -0.2) is 22.5 Å². The van der Waals surface area contributed by atoms with Crippen LogP contribution in [0.2, 0.25) is 0 Å². The van der Waals surface area contributed by atoms with Gasteiger partial charge in [-0.1, -0.05) is 22.0 Å². The molecule has 2 heterocycles. The Kier molecular flexibility index (Phi) is 4.38. The first-order valence-corrected chi connectivity index (χ1v) is 8.88. The van der Waals surface area contributed by atoms with Crippen molar-refractivity contribution in [2.75, 3.05) is 6.79 Å². The zero-order valence-electron chi connectivity index (χ0n) is 14.0. The molecule has 0 aliphatic carbocycles. The Morgan fingerprint density at radius 2 is 1.96 bits per heavy atom. The highest BCUT2D eigenvalue weighted by Gasteiger charge is 2.16. The lowest BCUT2D eigenvalue weighted by Crippen LogP contribution is -2.23. The molecule has 2 aromatic carbocycles. The van der Waals surface area contributed by atoms with E-state index >= 15 is 0 Å². The van der Waals surface area contributed by atoms with E-state index in [0.717, 1.165) is 27.2 Å². The highest BCUT2D eigenvalue weighted by molar-refractivity contribution is 9.10. The van der Waals surface area contributed by atoms with E-state index in [9.17, 15) is 4.79 Å². The Hall–Kier alpha value is -2.80. The van der Waals surface area contributed by atoms with E-state index in [1.165, 1.54) is 0 Å². The number of benzene rings is 2. The van der Waals surface area contributed by atoms with Gasteiger partial charge in [-0.05, 0) is 48.9 Å². The molecule has 132 valence electrons. The summed E-state index contributed by atoms with van der Waals surface area (Å²) in [5, 5.41) is 7.27. The zero-order valence-corrected chi connectivity index (χ0v) is 15.6. The Balaban J connectivity index is 1.47. The Morgan fingerprint density at radius 3 is 2.77 bits per heavy atom. The molecule has 0 bridgehead atoms. The standard InChI is InChI=1S/C19H16BrN3O3/c1-12-16(10-22-23(12)15-5-3-14(20)4-6-15)19(24)21-9-13-2-7-17-18(8-13)26-11-25-17/h2-8,10H,9,11H2,1H3,(H,21,24). The van der Waals surface area contributed by atoms with Gasteiger partial charge in [-0.2, -0.15) is 5.10 Å². The summed E-state index contributed by atoms with van der Waals surface area (Å²) in [7, 11) is 0. The topological polar surface area (TPSA) is 65.4 Å². The third-order valence-electron chi connectivity index (χ3n) is 4.22. The van der Waals surface area contributed by atoms with Crippen molar-refractivity contribution in [2.45, 2.75) is 13.5 Å². The van der Waals surface area contributed by atoms with Crippen LogP contribution in [0, 0.1) is 6.92 Å². The maximum absolute atomic E-state index is 12.5. The predicted octanol–water partition coefficient (Wildman–Crippen LogP) is 3.60. The molecular formula is C19H16BrN3O3. The maximum atomic E-state index is 12.5. The van der Waals surface area contributed by atoms with Crippen LogP contribution in [0.4, 0.5) is 0 Å². The zero-order chi connectivity index (χ0) is 18.1. The lowest BCUT2D eigenvalue weighted by Gasteiger charge is -2.07. The molecular weight excluding hydrogens is 398 g/mol. The molecule has 0 saturated heterocycles. The van der Waals surface area contributed by atoms with Gasteiger partial charge in [-0.25, -0.2) is 4.68 Å². The van der Waals surface area contributed by atoms with Crippen molar-refractivity contribution < 1.29 is 14.3 Å². The summed E-state index contributed by atoms with van der Waals surface area (Å²) in [5.74, 6) is 1.27. The van der Waals surface area contributed by atoms with E-state index in [1.807, 2.05) is 49.4 Å². The van der Waals surface area contributed by atoms with Crippen molar-refractivity contribution in [3.8, 4) is 17.2 Å². The summed E-state index contributed by atoms with van der Waals surface area (Å²) in [4.78, 5) is 12.5. The molecule has 0 unspecified atom stereocenters. The molecule has 0 radical (unpaired) electrons. The minimum atomic E-state index is -0.163. The van der Waals surface area contributed by atoms with Gasteiger partial charge >= 0.3 is 0 Å². The van der Waals surface area contributed by atoms with Gasteiger partial charge in [0.25, 0.3) is 5.91 Å². The number of carbonyl (C=O) groups excluding carboxylic acids is 1. The van der Waals surface area contributed by atoms with Gasteiger partial charge in [0.05, 0.1) is 23.1 Å². The molecule has 1 aliphatic heterocycles. The third kappa shape index (κ3) is 3.17. The molecule has 1 aromatic heterocycles. The number of rotatable bonds is 4. The van der Waals surface area contributed by atoms with E-state index in [4.69, 9.17) is 9.47 Å². The summed E-state index contributed by atoms with van der Waals surface area (Å²) >= 11 is 3.42. The fourth-order valence-corrected chi connectivity index (χ4v) is 3.07. The van der Waals surface area contributed by atoms with E-state index in [-0.39, 0.29) is 12.7 Å². The third-order valence-corrected chi connectivity index (χ3v) is 4.74. The van der Waals surface area contributed by atoms with Gasteiger partial charge in [0.2, 0.25) is 6.79 Å². The second kappa shape index (κ2) is 6.84. The summed E-state index contributed by atoms with van der Waals surface area (Å²) in [5.41, 5.74) is 3.19. The number of carbonyl (C=O) groups is 1. The average molecular weight is 414 g/mol. The van der Waals surface area contributed by atoms with Crippen LogP contribution in [0.25, 0.3) is 5.69 Å². The predicted molar refractivity (Wildman–Crippen MR) is 99.7 cm³/mol. The second-order valence-electron chi connectivity index (χ2n) is 5.90. The Bertz CT molecular complexity index is 967. The van der Waals surface area contributed by atoms with Gasteiger partial charge in [0.1, 0.15) is 0 Å². The smallest absolute Gasteiger partial charge is 0.255 e. The average Bonchev–Trinajstić information content (AvgIpc) is 3.26. The fourth-order valence-electron chi connectivity index (χ4n) is 2.80. The SMILES string of the molecule is Cc1c(C(=O)NCc2ccc3c(c2)OCO3)cnn1-c1ccc(Br)cc1. The van der Waals surface area contributed by atoms with E-state index in [0.29, 0.717) is 17.9 Å². The molecule has 0 saturated carbocycles. The van der Waals surface area contributed by atoms with E-state index in [2.05, 4.69) is 26.3 Å². The number of hydrogen-bond donors (Lipinski definition) is 1. The van der Waals surface area contributed by atoms with Crippen molar-refractivity contribution in [3.63, 3.8) is 0 Å². The number of ether oxygens (including phenoxy) is 2. The molecule has 0 spiro atoms. The Morgan fingerprint density at radius 1 is 1.19 bits per heavy atom. The van der Waals surface area contributed by atoms with Crippen LogP contribution in [0.1, 0.15) is 21.6 Å². The monoisotopic (exact) mass is 413 g/mol. The highest BCUT2D eigenvalue weighted by atomic mass is 79.9. The minimum Gasteiger partial charge on any atom is -0.454 e. The number of hydrogen-bond acceptors (Lipinski definition) is 4. The molecule has 3 aromatic rings. The molecule has 1 aliphatic rings. The van der Waals surface area contributed by atoms with Gasteiger partial charge in [0, 0.05) is 11.0 Å². The number of halogens is 1. The Labute approximate surface area is 158 Å². The summed E-state index contributed by atoms with van der Waals surface area (Å²) in [6.45, 7) is 2.52. The highest BCUT2D eigenvalue weighted by Crippen LogP contribution is 2.32. The van der Waals surface area contributed by atoms with Crippen molar-refractivity contribution in [1.29, 1.82) is 0 Å². The molecule has 0 atom stereocenters. The molecule has 7 heteroatoms. The van der Waals surface area contributed by atoms with Crippen molar-refractivity contribution in [2.24, 2.45) is 0 Å². The van der Waals surface area contributed by atoms with E-state index in [1.54, 1.807) is 10.9 Å². The summed E-state index contributed by atoms with van der Waals surface area (Å²) < 4.78 is 13.4. The van der Waals surface area contributed by atoms with Crippen LogP contribution >= 0.6 is 15.9 Å². The number of fused-ring (bicyclic) bond motifs is 1. The minimum absolute atomic E-state index is 0.163. The number of amides is 1. The quantitative estimate of drug-likeness (QED) is 0.709. The van der Waals surface area contributed by atoms with Crippen LogP contribution < -0.4 is 14.8 Å². The number of nitrogens with zero attached hydrogens (tertiary/aromatic N) is 2. The van der Waals surface area contributed by atoms with Crippen molar-refractivity contribution in [3.05, 3.63) is 70.0 Å². The normalized spacial score (nSPS) is 12.2. The molecule has 26 heavy (non-hydrogen) atoms. The van der Waals surface area contributed by atoms with Crippen LogP contribution in [-0.2, 0) is 6.54 Å². The molecule has 6 nitrogen and oxygen atoms in total. The largest absolute Gasteiger partial charge is 0.454 e. The number of nitrogens with one attached hydrogen (secondary N) is 1. The van der Waals surface area contributed by atoms with Crippen molar-refractivity contribution in [1.82, 2.24) is 15.1 Å². The van der Waals surface area contributed by atoms with Gasteiger partial charge in [0.15, 0.2) is 11.5 Å². The van der Waals surface area contributed by atoms with Crippen LogP contribution in [0.15, 0.2) is 53.1 Å². The van der Waals surface area contributed by atoms with Crippen LogP contribution in [0.3, 0.4) is 0 Å². The molecule has 1 amide bonds. The summed E-state index contributed by atoms with van der Waals surface area (Å²) in [6.07, 6.45) is 1.59. The van der Waals surface area contributed by atoms with Crippen LogP contribution in [0.5, 0.6) is 11.5 Å². The molecule has 1 N–H and O–H groups in total. The first-order chi connectivity index (χ1) is 12.6. The molecule has 0 fully saturated rings. The fraction of sp³-hybridized carbons (Fsp3) is 0.158. The van der Waals surface area contributed by atoms with E-state index < -0.39 is 0 Å². The lowest BCUT2D eigenvalue weighted by atomic mass is 10.2.